The van der Waals surface area contributed by atoms with Crippen molar-refractivity contribution >= 4 is 176 Å². The standard InChI is InChI=1S/C52H48Cl2N16O18S5/c1-26(71)56-36-24-38(39(88-3)25-37(36)66-64-28-22-34-31(42(23-28)91(79,80)81)6-4-9-41(34)90(76,77)78)57-50-59-48(54)61-52(63-50)70-18-16-69(17-19-70)15-14-55-49-58-47(53)60-51(62-49)68(2)29-10-11-30-27(20-29)21-43(92(82,83)84)44(45(30)72)67-65-35-13-12-32-33(46(35)93(85,86)87)7-5-8-40(32)89(73,74)75/h4-13,20-25,64,66,72H,14-19H2,1-3H3,(H,56,71)(H,73,74,75)(H,76,77,78)(H,79,80,81)(H,82,83,84)(H,85,86,87)(H,55,58,60,62)(H,57,59,61,63). The molecule has 41 heteroatoms. The summed E-state index contributed by atoms with van der Waals surface area (Å²) in [6.45, 7) is 3.97. The lowest BCUT2D eigenvalue weighted by Crippen LogP contribution is -2.48. The van der Waals surface area contributed by atoms with Gasteiger partial charge in [0.15, 0.2) is 5.75 Å². The van der Waals surface area contributed by atoms with Crippen LogP contribution in [0.25, 0.3) is 32.3 Å². The molecule has 0 atom stereocenters. The summed E-state index contributed by atoms with van der Waals surface area (Å²) in [5.41, 5.74) is 4.79. The predicted molar refractivity (Wildman–Crippen MR) is 339 cm³/mol. The van der Waals surface area contributed by atoms with Gasteiger partial charge in [-0.05, 0) is 89.3 Å². The number of anilines is 9. The third kappa shape index (κ3) is 14.9. The molecule has 1 aliphatic heterocycles. The first-order chi connectivity index (χ1) is 43.6. The molecule has 0 radical (unpaired) electrons. The smallest absolute Gasteiger partial charge is 0.297 e. The Bertz CT molecular complexity index is 5200. The second kappa shape index (κ2) is 25.8. The number of methoxy groups -OCH3 is 1. The molecule has 9 aromatic rings. The number of aromatic nitrogens is 6. The quantitative estimate of drug-likeness (QED) is 0.0190. The third-order valence-corrected chi connectivity index (χ3v) is 18.9. The fourth-order valence-electron chi connectivity index (χ4n) is 9.87. The van der Waals surface area contributed by atoms with E-state index in [0.717, 1.165) is 48.5 Å². The Labute approximate surface area is 537 Å². The highest BCUT2D eigenvalue weighted by atomic mass is 35.5. The lowest BCUT2D eigenvalue weighted by atomic mass is 10.1. The van der Waals surface area contributed by atoms with Gasteiger partial charge in [-0.15, -0.1) is 10.2 Å². The van der Waals surface area contributed by atoms with Crippen LogP contribution in [-0.2, 0) is 55.4 Å². The fraction of sp³-hybridized carbons (Fsp3) is 0.173. The fourth-order valence-corrected chi connectivity index (χ4v) is 13.8. The first-order valence-electron chi connectivity index (χ1n) is 26.4. The molecule has 1 fully saturated rings. The molecule has 488 valence electrons. The van der Waals surface area contributed by atoms with E-state index >= 15 is 0 Å². The highest BCUT2D eigenvalue weighted by molar-refractivity contribution is 7.87. The largest absolute Gasteiger partial charge is 0.505 e. The number of hydrogen-bond acceptors (Lipinski definition) is 28. The van der Waals surface area contributed by atoms with Gasteiger partial charge in [-0.1, -0.05) is 30.3 Å². The van der Waals surface area contributed by atoms with Crippen molar-refractivity contribution in [2.24, 2.45) is 10.2 Å². The van der Waals surface area contributed by atoms with E-state index in [0.29, 0.717) is 45.0 Å². The van der Waals surface area contributed by atoms with Crippen LogP contribution in [0.3, 0.4) is 0 Å². The van der Waals surface area contributed by atoms with Gasteiger partial charge in [-0.3, -0.25) is 37.9 Å². The summed E-state index contributed by atoms with van der Waals surface area (Å²) in [6.07, 6.45) is 0. The van der Waals surface area contributed by atoms with Gasteiger partial charge >= 0.3 is 0 Å². The van der Waals surface area contributed by atoms with Crippen molar-refractivity contribution in [3.05, 3.63) is 108 Å². The van der Waals surface area contributed by atoms with Crippen LogP contribution < -0.4 is 41.3 Å². The number of phenols is 1. The summed E-state index contributed by atoms with van der Waals surface area (Å²) in [4.78, 5) is 40.1. The minimum absolute atomic E-state index is 0.0145. The molecular formula is C52H48Cl2N16O18S5. The zero-order valence-corrected chi connectivity index (χ0v) is 53.4. The average molecular weight is 1420 g/mol. The Kier molecular flexibility index (Phi) is 18.5. The number of benzene rings is 7. The van der Waals surface area contributed by atoms with E-state index in [1.54, 1.807) is 7.05 Å². The number of nitrogens with zero attached hydrogens (tertiary/aromatic N) is 11. The van der Waals surface area contributed by atoms with Crippen molar-refractivity contribution < 1.29 is 79.5 Å². The molecule has 0 saturated carbocycles. The molecule has 0 unspecified atom stereocenters. The maximum atomic E-state index is 12.8. The van der Waals surface area contributed by atoms with Crippen molar-refractivity contribution in [3.63, 3.8) is 0 Å². The molecule has 11 N–H and O–H groups in total. The summed E-state index contributed by atoms with van der Waals surface area (Å²) in [5.74, 6) is -0.875. The number of aromatic hydroxyl groups is 1. The van der Waals surface area contributed by atoms with Crippen molar-refractivity contribution in [2.75, 3.05) is 90.0 Å². The number of piperazine rings is 1. The van der Waals surface area contributed by atoms with Crippen molar-refractivity contribution in [1.29, 1.82) is 0 Å². The highest BCUT2D eigenvalue weighted by Crippen LogP contribution is 2.45. The Hall–Kier alpha value is -9.10. The molecule has 1 amide bonds. The van der Waals surface area contributed by atoms with Crippen molar-refractivity contribution in [1.82, 2.24) is 34.8 Å². The summed E-state index contributed by atoms with van der Waals surface area (Å²) in [6, 6.07) is 19.0. The first kappa shape index (κ1) is 66.8. The maximum absolute atomic E-state index is 12.8. The molecule has 0 aliphatic carbocycles. The molecule has 1 aliphatic rings. The Morgan fingerprint density at radius 2 is 1.24 bits per heavy atom. The van der Waals surface area contributed by atoms with E-state index < -0.39 is 103 Å². The molecular weight excluding hydrogens is 1370 g/mol. The van der Waals surface area contributed by atoms with Gasteiger partial charge in [-0.25, -0.2) is 0 Å². The SMILES string of the molecule is COc1cc(NNc2cc(S(=O)(=O)O)c3cccc(S(=O)(=O)O)c3c2)c(NC(C)=O)cc1Nc1nc(Cl)nc(N2CCN(CCNc3nc(Cl)nc(N(C)c4ccc5c(O)c(N=Nc6ccc7c(S(=O)(=O)O)cccc7c6S(=O)(=O)O)c(S(=O)(=O)O)cc5c4)n3)CC2)n1. The van der Waals surface area contributed by atoms with Gasteiger partial charge in [-0.2, -0.15) is 72.0 Å². The molecule has 34 nitrogen and oxygen atoms in total. The maximum Gasteiger partial charge on any atom is 0.297 e. The summed E-state index contributed by atoms with van der Waals surface area (Å²) >= 11 is 12.8. The number of carbonyl (C=O) groups is 1. The first-order valence-corrected chi connectivity index (χ1v) is 34.4. The number of phenolic OH excluding ortho intramolecular Hbond substituents is 1. The third-order valence-electron chi connectivity index (χ3n) is 14.0. The number of amides is 1. The molecule has 0 bridgehead atoms. The molecule has 7 aromatic carbocycles. The van der Waals surface area contributed by atoms with Crippen molar-refractivity contribution in [3.8, 4) is 11.5 Å². The van der Waals surface area contributed by atoms with Gasteiger partial charge in [0, 0.05) is 91.9 Å². The lowest BCUT2D eigenvalue weighted by molar-refractivity contribution is -0.114. The molecule has 1 saturated heterocycles. The molecule has 10 rings (SSSR count). The minimum atomic E-state index is -5.23. The van der Waals surface area contributed by atoms with Crippen LogP contribution in [0.1, 0.15) is 6.92 Å². The molecule has 93 heavy (non-hydrogen) atoms. The zero-order chi connectivity index (χ0) is 67.3. The predicted octanol–water partition coefficient (Wildman–Crippen LogP) is 7.33. The number of azo groups is 1. The Morgan fingerprint density at radius 3 is 1.88 bits per heavy atom. The second-order valence-electron chi connectivity index (χ2n) is 20.1. The summed E-state index contributed by atoms with van der Waals surface area (Å²) in [5, 5.41) is 26.3. The Balaban J connectivity index is 0.795. The molecule has 2 aromatic heterocycles. The van der Waals surface area contributed by atoms with E-state index in [4.69, 9.17) is 27.9 Å². The van der Waals surface area contributed by atoms with Crippen molar-refractivity contribution in [2.45, 2.75) is 31.4 Å². The number of hydrazine groups is 1. The van der Waals surface area contributed by atoms with Gasteiger partial charge in [0.25, 0.3) is 50.6 Å². The second-order valence-corrected chi connectivity index (χ2v) is 27.7. The van der Waals surface area contributed by atoms with Gasteiger partial charge < -0.3 is 41.0 Å². The zero-order valence-electron chi connectivity index (χ0n) is 47.8. The van der Waals surface area contributed by atoms with Crippen LogP contribution in [-0.4, -0.2) is 164 Å². The monoisotopic (exact) mass is 1410 g/mol. The lowest BCUT2D eigenvalue weighted by Gasteiger charge is -2.34. The number of hydrogen-bond donors (Lipinski definition) is 11. The van der Waals surface area contributed by atoms with Gasteiger partial charge in [0.05, 0.1) is 29.9 Å². The topological polar surface area (TPSA) is 490 Å². The number of fused-ring (bicyclic) bond motifs is 3. The van der Waals surface area contributed by atoms with E-state index in [9.17, 15) is 74.8 Å². The van der Waals surface area contributed by atoms with Gasteiger partial charge in [0.1, 0.15) is 41.6 Å². The highest BCUT2D eigenvalue weighted by Gasteiger charge is 2.28. The number of halogens is 2. The summed E-state index contributed by atoms with van der Waals surface area (Å²) < 4.78 is 180. The summed E-state index contributed by atoms with van der Waals surface area (Å²) in [7, 11) is -22.2. The number of carbonyl (C=O) groups excluding carboxylic acids is 1. The Morgan fingerprint density at radius 1 is 0.613 bits per heavy atom. The van der Waals surface area contributed by atoms with Crippen LogP contribution in [0.5, 0.6) is 11.5 Å². The number of nitrogens with one attached hydrogen (secondary N) is 5. The van der Waals surface area contributed by atoms with E-state index in [-0.39, 0.29) is 89.8 Å². The van der Waals surface area contributed by atoms with Crippen LogP contribution in [0.4, 0.5) is 63.6 Å². The van der Waals surface area contributed by atoms with Gasteiger partial charge in [0.2, 0.25) is 40.3 Å². The molecule has 3 heterocycles. The number of ether oxygens (including phenoxy) is 1. The van der Waals surface area contributed by atoms with Crippen LogP contribution in [0.2, 0.25) is 10.6 Å². The van der Waals surface area contributed by atoms with Crippen LogP contribution >= 0.6 is 23.2 Å². The molecule has 0 spiro atoms. The van der Waals surface area contributed by atoms with E-state index in [2.05, 4.69) is 71.8 Å². The number of rotatable bonds is 21. The van der Waals surface area contributed by atoms with Crippen LogP contribution in [0, 0.1) is 0 Å². The van der Waals surface area contributed by atoms with E-state index in [1.165, 1.54) is 67.5 Å². The van der Waals surface area contributed by atoms with Crippen LogP contribution in [0.15, 0.2) is 132 Å². The normalized spacial score (nSPS) is 13.6. The van der Waals surface area contributed by atoms with E-state index in [1.807, 2.05) is 4.90 Å². The minimum Gasteiger partial charge on any atom is -0.505 e. The average Bonchev–Trinajstić information content (AvgIpc) is 0.770.